The van der Waals surface area contributed by atoms with E-state index in [1.807, 2.05) is 18.2 Å². The van der Waals surface area contributed by atoms with Crippen molar-refractivity contribution in [1.29, 1.82) is 0 Å². The number of halogens is 1. The Kier molecular flexibility index (Phi) is 4.64. The highest BCUT2D eigenvalue weighted by atomic mass is 35.5. The molecular weight excluding hydrogens is 266 g/mol. The first-order valence-corrected chi connectivity index (χ1v) is 7.06. The van der Waals surface area contributed by atoms with Crippen LogP contribution < -0.4 is 10.1 Å². The SMILES string of the molecule is COc1cccc(Cl)c1CN[C@H](C)c1cccs1. The van der Waals surface area contributed by atoms with E-state index in [0.717, 1.165) is 16.3 Å². The van der Waals surface area contributed by atoms with Gasteiger partial charge in [0.25, 0.3) is 0 Å². The van der Waals surface area contributed by atoms with E-state index in [9.17, 15) is 0 Å². The van der Waals surface area contributed by atoms with Gasteiger partial charge < -0.3 is 10.1 Å². The van der Waals surface area contributed by atoms with Gasteiger partial charge in [-0.15, -0.1) is 11.3 Å². The Balaban J connectivity index is 2.06. The monoisotopic (exact) mass is 281 g/mol. The van der Waals surface area contributed by atoms with Crippen LogP contribution in [0.15, 0.2) is 35.7 Å². The van der Waals surface area contributed by atoms with Gasteiger partial charge in [-0.1, -0.05) is 23.7 Å². The van der Waals surface area contributed by atoms with Gasteiger partial charge in [0.1, 0.15) is 5.75 Å². The molecule has 0 saturated carbocycles. The lowest BCUT2D eigenvalue weighted by Gasteiger charge is -2.15. The number of rotatable bonds is 5. The Hall–Kier alpha value is -1.03. The number of benzene rings is 1. The van der Waals surface area contributed by atoms with Gasteiger partial charge in [-0.05, 0) is 30.5 Å². The number of thiophene rings is 1. The third kappa shape index (κ3) is 3.05. The molecule has 1 heterocycles. The minimum Gasteiger partial charge on any atom is -0.496 e. The maximum Gasteiger partial charge on any atom is 0.124 e. The van der Waals surface area contributed by atoms with Crippen molar-refractivity contribution >= 4 is 22.9 Å². The maximum absolute atomic E-state index is 6.20. The fourth-order valence-electron chi connectivity index (χ4n) is 1.80. The molecule has 1 aromatic heterocycles. The van der Waals surface area contributed by atoms with Crippen LogP contribution >= 0.6 is 22.9 Å². The Labute approximate surface area is 117 Å². The second-order valence-electron chi connectivity index (χ2n) is 4.04. The van der Waals surface area contributed by atoms with Crippen molar-refractivity contribution in [2.75, 3.05) is 7.11 Å². The lowest BCUT2D eigenvalue weighted by molar-refractivity contribution is 0.406. The van der Waals surface area contributed by atoms with Gasteiger partial charge in [0, 0.05) is 28.0 Å². The minimum absolute atomic E-state index is 0.311. The number of methoxy groups -OCH3 is 1. The van der Waals surface area contributed by atoms with E-state index in [1.54, 1.807) is 18.4 Å². The lowest BCUT2D eigenvalue weighted by Crippen LogP contribution is -2.17. The van der Waals surface area contributed by atoms with Crippen molar-refractivity contribution in [1.82, 2.24) is 5.32 Å². The Morgan fingerprint density at radius 2 is 2.17 bits per heavy atom. The van der Waals surface area contributed by atoms with E-state index in [4.69, 9.17) is 16.3 Å². The van der Waals surface area contributed by atoms with E-state index < -0.39 is 0 Å². The van der Waals surface area contributed by atoms with Crippen molar-refractivity contribution in [2.24, 2.45) is 0 Å². The highest BCUT2D eigenvalue weighted by Gasteiger charge is 2.10. The number of hydrogen-bond donors (Lipinski definition) is 1. The summed E-state index contributed by atoms with van der Waals surface area (Å²) in [5.41, 5.74) is 1.00. The predicted octanol–water partition coefficient (Wildman–Crippen LogP) is 4.26. The van der Waals surface area contributed by atoms with Crippen LogP contribution in [0.25, 0.3) is 0 Å². The van der Waals surface area contributed by atoms with Crippen LogP contribution in [0, 0.1) is 0 Å². The van der Waals surface area contributed by atoms with E-state index in [2.05, 4.69) is 29.8 Å². The maximum atomic E-state index is 6.20. The fraction of sp³-hybridized carbons (Fsp3) is 0.286. The van der Waals surface area contributed by atoms with Crippen molar-refractivity contribution in [3.05, 3.63) is 51.2 Å². The Morgan fingerprint density at radius 1 is 1.33 bits per heavy atom. The molecule has 18 heavy (non-hydrogen) atoms. The van der Waals surface area contributed by atoms with E-state index in [1.165, 1.54) is 4.88 Å². The largest absolute Gasteiger partial charge is 0.496 e. The first-order chi connectivity index (χ1) is 8.72. The molecule has 0 aliphatic rings. The molecule has 1 N–H and O–H groups in total. The average molecular weight is 282 g/mol. The summed E-state index contributed by atoms with van der Waals surface area (Å²) >= 11 is 7.95. The van der Waals surface area contributed by atoms with Crippen LogP contribution in [0.2, 0.25) is 5.02 Å². The summed E-state index contributed by atoms with van der Waals surface area (Å²) in [6.07, 6.45) is 0. The summed E-state index contributed by atoms with van der Waals surface area (Å²) in [5.74, 6) is 0.827. The van der Waals surface area contributed by atoms with Gasteiger partial charge in [-0.3, -0.25) is 0 Å². The van der Waals surface area contributed by atoms with Gasteiger partial charge in [0.2, 0.25) is 0 Å². The molecule has 2 rings (SSSR count). The zero-order valence-electron chi connectivity index (χ0n) is 10.4. The third-order valence-corrected chi connectivity index (χ3v) is 4.26. The molecule has 1 aromatic carbocycles. The molecule has 2 nitrogen and oxygen atoms in total. The van der Waals surface area contributed by atoms with Crippen LogP contribution in [-0.2, 0) is 6.54 Å². The molecule has 0 aliphatic carbocycles. The molecular formula is C14H16ClNOS. The van der Waals surface area contributed by atoms with Gasteiger partial charge in [0.15, 0.2) is 0 Å². The third-order valence-electron chi connectivity index (χ3n) is 2.85. The summed E-state index contributed by atoms with van der Waals surface area (Å²) in [6.45, 7) is 2.84. The van der Waals surface area contributed by atoms with Crippen molar-refractivity contribution < 1.29 is 4.74 Å². The normalized spacial score (nSPS) is 12.4. The van der Waals surface area contributed by atoms with Crippen LogP contribution in [0.3, 0.4) is 0 Å². The van der Waals surface area contributed by atoms with E-state index >= 15 is 0 Å². The molecule has 0 bridgehead atoms. The average Bonchev–Trinajstić information content (AvgIpc) is 2.90. The molecule has 0 amide bonds. The summed E-state index contributed by atoms with van der Waals surface area (Å²) in [7, 11) is 1.66. The molecule has 1 atom stereocenters. The van der Waals surface area contributed by atoms with Gasteiger partial charge in [-0.2, -0.15) is 0 Å². The molecule has 0 fully saturated rings. The van der Waals surface area contributed by atoms with Crippen molar-refractivity contribution in [2.45, 2.75) is 19.5 Å². The van der Waals surface area contributed by atoms with Gasteiger partial charge >= 0.3 is 0 Å². The lowest BCUT2D eigenvalue weighted by atomic mass is 10.2. The smallest absolute Gasteiger partial charge is 0.124 e. The van der Waals surface area contributed by atoms with Crippen LogP contribution in [-0.4, -0.2) is 7.11 Å². The van der Waals surface area contributed by atoms with Gasteiger partial charge in [-0.25, -0.2) is 0 Å². The standard InChI is InChI=1S/C14H16ClNOS/c1-10(14-7-4-8-18-14)16-9-11-12(15)5-3-6-13(11)17-2/h3-8,10,16H,9H2,1-2H3/t10-/m1/s1. The molecule has 4 heteroatoms. The fourth-order valence-corrected chi connectivity index (χ4v) is 2.79. The molecule has 0 aliphatic heterocycles. The van der Waals surface area contributed by atoms with Gasteiger partial charge in [0.05, 0.1) is 7.11 Å². The molecule has 96 valence electrons. The van der Waals surface area contributed by atoms with E-state index in [-0.39, 0.29) is 0 Å². The molecule has 0 radical (unpaired) electrons. The quantitative estimate of drug-likeness (QED) is 0.884. The Morgan fingerprint density at radius 3 is 2.83 bits per heavy atom. The van der Waals surface area contributed by atoms with Crippen molar-refractivity contribution in [3.63, 3.8) is 0 Å². The second-order valence-corrected chi connectivity index (χ2v) is 5.43. The number of hydrogen-bond acceptors (Lipinski definition) is 3. The van der Waals surface area contributed by atoms with Crippen LogP contribution in [0.5, 0.6) is 5.75 Å². The zero-order chi connectivity index (χ0) is 13.0. The number of nitrogens with one attached hydrogen (secondary N) is 1. The van der Waals surface area contributed by atoms with E-state index in [0.29, 0.717) is 12.6 Å². The second kappa shape index (κ2) is 6.23. The highest BCUT2D eigenvalue weighted by Crippen LogP contribution is 2.27. The first-order valence-electron chi connectivity index (χ1n) is 5.80. The topological polar surface area (TPSA) is 21.3 Å². The van der Waals surface area contributed by atoms with Crippen LogP contribution in [0.1, 0.15) is 23.4 Å². The first kappa shape index (κ1) is 13.4. The summed E-state index contributed by atoms with van der Waals surface area (Å²) in [6, 6.07) is 10.2. The Bertz CT molecular complexity index is 499. The molecule has 0 spiro atoms. The molecule has 0 unspecified atom stereocenters. The summed E-state index contributed by atoms with van der Waals surface area (Å²) in [5, 5.41) is 6.29. The highest BCUT2D eigenvalue weighted by molar-refractivity contribution is 7.10. The van der Waals surface area contributed by atoms with Crippen LogP contribution in [0.4, 0.5) is 0 Å². The summed E-state index contributed by atoms with van der Waals surface area (Å²) < 4.78 is 5.33. The zero-order valence-corrected chi connectivity index (χ0v) is 12.0. The summed E-state index contributed by atoms with van der Waals surface area (Å²) in [4.78, 5) is 1.32. The minimum atomic E-state index is 0.311. The molecule has 2 aromatic rings. The predicted molar refractivity (Wildman–Crippen MR) is 77.6 cm³/mol. The van der Waals surface area contributed by atoms with Crippen molar-refractivity contribution in [3.8, 4) is 5.75 Å². The number of ether oxygens (including phenoxy) is 1. The molecule has 0 saturated heterocycles.